The van der Waals surface area contributed by atoms with Crippen LogP contribution >= 0.6 is 11.8 Å². The zero-order valence-corrected chi connectivity index (χ0v) is 43.7. The third-order valence-electron chi connectivity index (χ3n) is 12.8. The number of carbonyl (C=O) groups is 5. The van der Waals surface area contributed by atoms with E-state index in [1.54, 1.807) is 24.3 Å². The molecule has 3 aromatic rings. The van der Waals surface area contributed by atoms with Crippen LogP contribution in [0.1, 0.15) is 216 Å². The number of rotatable bonds is 42. The molecule has 0 spiro atoms. The standard InChI is InChI=1S/C57H89N3O8S/c1-4-6-8-10-12-14-16-18-20-22-24-26-28-34-54(62)67-44-49(68-55(63)35-29-27-25-23-21-19-17-15-13-11-9-7-5-2)45-69-41-40-53(61)59-48-38-36-46(37-39-48)56(64)60-52(57(65)66-3)42-47-43-58-51-33-31-30-32-50(47)51/h30-33,36-39,43,49,52,58H,4-29,34-35,40-42,44-45H2,1-3H3,(H,59,61)(H,60,64)/t49?,52-/m0/s1. The summed E-state index contributed by atoms with van der Waals surface area (Å²) < 4.78 is 16.5. The number of aromatic amines is 1. The van der Waals surface area contributed by atoms with Crippen molar-refractivity contribution in [2.24, 2.45) is 0 Å². The maximum absolute atomic E-state index is 13.2. The Kier molecular flexibility index (Phi) is 32.9. The maximum Gasteiger partial charge on any atom is 0.328 e. The van der Waals surface area contributed by atoms with Gasteiger partial charge >= 0.3 is 17.9 Å². The Morgan fingerprint density at radius 2 is 1.12 bits per heavy atom. The minimum Gasteiger partial charge on any atom is -0.467 e. The van der Waals surface area contributed by atoms with E-state index in [1.807, 2.05) is 30.5 Å². The molecule has 1 aromatic heterocycles. The van der Waals surface area contributed by atoms with E-state index in [1.165, 1.54) is 147 Å². The number of para-hydroxylation sites is 1. The van der Waals surface area contributed by atoms with Crippen molar-refractivity contribution in [2.75, 3.05) is 30.5 Å². The van der Waals surface area contributed by atoms with Crippen molar-refractivity contribution in [1.29, 1.82) is 0 Å². The molecule has 1 heterocycles. The summed E-state index contributed by atoms with van der Waals surface area (Å²) in [5.41, 5.74) is 2.68. The molecule has 69 heavy (non-hydrogen) atoms. The molecule has 0 aliphatic heterocycles. The molecule has 2 atom stereocenters. The molecule has 386 valence electrons. The molecule has 12 heteroatoms. The van der Waals surface area contributed by atoms with Gasteiger partial charge in [-0.15, -0.1) is 0 Å². The van der Waals surface area contributed by atoms with Crippen LogP contribution in [-0.2, 0) is 39.8 Å². The number of esters is 3. The molecule has 0 saturated carbocycles. The lowest BCUT2D eigenvalue weighted by Gasteiger charge is -2.18. The van der Waals surface area contributed by atoms with Crippen LogP contribution in [0.15, 0.2) is 54.7 Å². The number of hydrogen-bond donors (Lipinski definition) is 3. The smallest absolute Gasteiger partial charge is 0.328 e. The van der Waals surface area contributed by atoms with Crippen LogP contribution in [0, 0.1) is 0 Å². The first-order valence-corrected chi connectivity index (χ1v) is 28.2. The number of anilines is 1. The Hall–Kier alpha value is -4.32. The molecule has 2 amide bonds. The average molecular weight is 976 g/mol. The first-order chi connectivity index (χ1) is 33.7. The lowest BCUT2D eigenvalue weighted by atomic mass is 10.0. The molecule has 11 nitrogen and oxygen atoms in total. The van der Waals surface area contributed by atoms with Gasteiger partial charge in [0.1, 0.15) is 18.8 Å². The summed E-state index contributed by atoms with van der Waals surface area (Å²) in [7, 11) is 1.29. The van der Waals surface area contributed by atoms with E-state index < -0.39 is 24.0 Å². The van der Waals surface area contributed by atoms with Gasteiger partial charge in [0.2, 0.25) is 5.91 Å². The van der Waals surface area contributed by atoms with Gasteiger partial charge < -0.3 is 29.8 Å². The average Bonchev–Trinajstić information content (AvgIpc) is 3.76. The van der Waals surface area contributed by atoms with Crippen molar-refractivity contribution in [3.8, 4) is 0 Å². The summed E-state index contributed by atoms with van der Waals surface area (Å²) in [6.45, 7) is 4.51. The van der Waals surface area contributed by atoms with Gasteiger partial charge in [-0.25, -0.2) is 4.79 Å². The number of methoxy groups -OCH3 is 1. The fourth-order valence-electron chi connectivity index (χ4n) is 8.60. The highest BCUT2D eigenvalue weighted by Crippen LogP contribution is 2.21. The monoisotopic (exact) mass is 976 g/mol. The van der Waals surface area contributed by atoms with E-state index in [4.69, 9.17) is 14.2 Å². The third kappa shape index (κ3) is 27.6. The number of aromatic nitrogens is 1. The van der Waals surface area contributed by atoms with Gasteiger partial charge in [0.05, 0.1) is 7.11 Å². The number of amides is 2. The first-order valence-electron chi connectivity index (χ1n) is 27.0. The lowest BCUT2D eigenvalue weighted by Crippen LogP contribution is -2.43. The molecule has 1 unspecified atom stereocenters. The summed E-state index contributed by atoms with van der Waals surface area (Å²) in [5, 5.41) is 6.64. The van der Waals surface area contributed by atoms with E-state index in [0.29, 0.717) is 35.6 Å². The number of fused-ring (bicyclic) bond motifs is 1. The van der Waals surface area contributed by atoms with Crippen LogP contribution in [0.4, 0.5) is 5.69 Å². The Morgan fingerprint density at radius 3 is 1.65 bits per heavy atom. The van der Waals surface area contributed by atoms with Crippen molar-refractivity contribution in [3.05, 3.63) is 65.9 Å². The molecule has 0 saturated heterocycles. The molecule has 2 aromatic carbocycles. The van der Waals surface area contributed by atoms with Crippen molar-refractivity contribution < 1.29 is 38.2 Å². The zero-order valence-electron chi connectivity index (χ0n) is 42.9. The Morgan fingerprint density at radius 1 is 0.609 bits per heavy atom. The van der Waals surface area contributed by atoms with Crippen LogP contribution in [-0.4, -0.2) is 72.1 Å². The SMILES string of the molecule is CCCCCCCCCCCCCCCC(=O)OCC(CSCCC(=O)Nc1ccc(C(=O)N[C@@H](Cc2c[nH]c3ccccc23)C(=O)OC)cc1)OC(=O)CCCCCCCCCCCCCCC. The van der Waals surface area contributed by atoms with E-state index in [2.05, 4.69) is 29.5 Å². The number of H-pyrrole nitrogens is 1. The molecule has 0 radical (unpaired) electrons. The number of thioether (sulfide) groups is 1. The maximum atomic E-state index is 13.2. The Labute approximate surface area is 419 Å². The fourth-order valence-corrected chi connectivity index (χ4v) is 9.52. The predicted octanol–water partition coefficient (Wildman–Crippen LogP) is 14.2. The minimum absolute atomic E-state index is 0.00411. The molecule has 0 fully saturated rings. The molecule has 3 N–H and O–H groups in total. The zero-order chi connectivity index (χ0) is 49.6. The van der Waals surface area contributed by atoms with E-state index in [-0.39, 0.29) is 37.3 Å². The van der Waals surface area contributed by atoms with Gasteiger partial charge in [0.25, 0.3) is 5.91 Å². The summed E-state index contributed by atoms with van der Waals surface area (Å²) >= 11 is 1.48. The third-order valence-corrected chi connectivity index (χ3v) is 13.9. The van der Waals surface area contributed by atoms with Crippen molar-refractivity contribution >= 4 is 58.1 Å². The highest BCUT2D eigenvalue weighted by Gasteiger charge is 2.24. The predicted molar refractivity (Wildman–Crippen MR) is 284 cm³/mol. The number of hydrogen-bond acceptors (Lipinski definition) is 9. The van der Waals surface area contributed by atoms with Crippen LogP contribution < -0.4 is 10.6 Å². The molecule has 0 bridgehead atoms. The number of unbranched alkanes of at least 4 members (excludes halogenated alkanes) is 24. The lowest BCUT2D eigenvalue weighted by molar-refractivity contribution is -0.157. The summed E-state index contributed by atoms with van der Waals surface area (Å²) in [6, 6.07) is 13.3. The summed E-state index contributed by atoms with van der Waals surface area (Å²) in [5.74, 6) is -0.865. The van der Waals surface area contributed by atoms with E-state index >= 15 is 0 Å². The number of ether oxygens (including phenoxy) is 3. The number of benzene rings is 2. The highest BCUT2D eigenvalue weighted by atomic mass is 32.2. The Bertz CT molecular complexity index is 1850. The second kappa shape index (κ2) is 38.4. The minimum atomic E-state index is -0.897. The van der Waals surface area contributed by atoms with Crippen LogP contribution in [0.2, 0.25) is 0 Å². The quantitative estimate of drug-likeness (QED) is 0.0286. The van der Waals surface area contributed by atoms with Gasteiger partial charge in [-0.2, -0.15) is 11.8 Å². The van der Waals surface area contributed by atoms with Crippen molar-refractivity contribution in [3.63, 3.8) is 0 Å². The van der Waals surface area contributed by atoms with E-state index in [9.17, 15) is 24.0 Å². The van der Waals surface area contributed by atoms with Crippen molar-refractivity contribution in [1.82, 2.24) is 10.3 Å². The molecule has 3 rings (SSSR count). The number of nitrogens with one attached hydrogen (secondary N) is 3. The van der Waals surface area contributed by atoms with Gasteiger partial charge in [-0.05, 0) is 48.7 Å². The van der Waals surface area contributed by atoms with Gasteiger partial charge in [0.15, 0.2) is 0 Å². The number of carbonyl (C=O) groups excluding carboxylic acids is 5. The summed E-state index contributed by atoms with van der Waals surface area (Å²) in [6.07, 6.45) is 34.5. The van der Waals surface area contributed by atoms with Gasteiger partial charge in [0, 0.05) is 65.5 Å². The normalized spacial score (nSPS) is 12.1. The van der Waals surface area contributed by atoms with Gasteiger partial charge in [-0.1, -0.05) is 186 Å². The van der Waals surface area contributed by atoms with Gasteiger partial charge in [-0.3, -0.25) is 19.2 Å². The molecule has 0 aliphatic rings. The van der Waals surface area contributed by atoms with Crippen LogP contribution in [0.25, 0.3) is 10.9 Å². The molecular formula is C57H89N3O8S. The van der Waals surface area contributed by atoms with Crippen molar-refractivity contribution in [2.45, 2.75) is 219 Å². The first kappa shape index (κ1) is 59.0. The second-order valence-corrected chi connectivity index (χ2v) is 20.0. The molecule has 0 aliphatic carbocycles. The fraction of sp³-hybridized carbons (Fsp3) is 0.667. The summed E-state index contributed by atoms with van der Waals surface area (Å²) in [4.78, 5) is 67.6. The van der Waals surface area contributed by atoms with Crippen LogP contribution in [0.5, 0.6) is 0 Å². The topological polar surface area (TPSA) is 153 Å². The highest BCUT2D eigenvalue weighted by molar-refractivity contribution is 7.99. The van der Waals surface area contributed by atoms with E-state index in [0.717, 1.165) is 55.0 Å². The molecular weight excluding hydrogens is 887 g/mol. The van der Waals surface area contributed by atoms with Crippen LogP contribution in [0.3, 0.4) is 0 Å². The largest absolute Gasteiger partial charge is 0.467 e. The Balaban J connectivity index is 1.38. The second-order valence-electron chi connectivity index (χ2n) is 18.8.